The number of sulfonamides is 1. The van der Waals surface area contributed by atoms with Crippen molar-refractivity contribution in [3.05, 3.63) is 0 Å². The Kier molecular flexibility index (Phi) is 5.09. The fourth-order valence-electron chi connectivity index (χ4n) is 2.02. The molecule has 0 bridgehead atoms. The minimum absolute atomic E-state index is 0.495. The lowest BCUT2D eigenvalue weighted by Gasteiger charge is -2.23. The molecule has 18 heavy (non-hydrogen) atoms. The number of hydrogen-bond acceptors (Lipinski definition) is 4. The Balaban J connectivity index is 2.71. The van der Waals surface area contributed by atoms with Gasteiger partial charge in [-0.25, -0.2) is 13.1 Å². The van der Waals surface area contributed by atoms with Crippen LogP contribution in [0.4, 0.5) is 0 Å². The smallest absolute Gasteiger partial charge is 0.322 e. The largest absolute Gasteiger partial charge is 0.481 e. The van der Waals surface area contributed by atoms with Crippen LogP contribution in [-0.2, 0) is 19.6 Å². The molecule has 0 heterocycles. The van der Waals surface area contributed by atoms with Crippen LogP contribution < -0.4 is 4.72 Å². The summed E-state index contributed by atoms with van der Waals surface area (Å²) >= 11 is 0. The van der Waals surface area contributed by atoms with Crippen LogP contribution in [0.15, 0.2) is 0 Å². The molecule has 1 aliphatic rings. The van der Waals surface area contributed by atoms with Crippen LogP contribution in [-0.4, -0.2) is 41.9 Å². The molecular weight excluding hydrogens is 262 g/mol. The van der Waals surface area contributed by atoms with Crippen LogP contribution in [0.2, 0.25) is 0 Å². The van der Waals surface area contributed by atoms with Crippen LogP contribution in [0.1, 0.15) is 38.5 Å². The Morgan fingerprint density at radius 2 is 1.72 bits per heavy atom. The number of carbonyl (C=O) groups is 2. The number of hydrogen-bond donors (Lipinski definition) is 3. The topological polar surface area (TPSA) is 121 Å². The van der Waals surface area contributed by atoms with E-state index in [1.165, 1.54) is 0 Å². The quantitative estimate of drug-likeness (QED) is 0.637. The van der Waals surface area contributed by atoms with E-state index in [-0.39, 0.29) is 0 Å². The molecular formula is C10H17NO6S. The first-order valence-electron chi connectivity index (χ1n) is 5.78. The summed E-state index contributed by atoms with van der Waals surface area (Å²) in [5, 5.41) is 16.7. The van der Waals surface area contributed by atoms with Crippen molar-refractivity contribution in [2.24, 2.45) is 0 Å². The first kappa shape index (κ1) is 14.9. The molecule has 0 amide bonds. The first-order valence-corrected chi connectivity index (χ1v) is 7.33. The zero-order valence-corrected chi connectivity index (χ0v) is 10.6. The highest BCUT2D eigenvalue weighted by Crippen LogP contribution is 2.23. The Labute approximate surface area is 105 Å². The van der Waals surface area contributed by atoms with Gasteiger partial charge in [-0.1, -0.05) is 19.3 Å². The predicted octanol–water partition coefficient (Wildman–Crippen LogP) is 0.166. The molecule has 1 saturated carbocycles. The van der Waals surface area contributed by atoms with Crippen molar-refractivity contribution in [1.82, 2.24) is 4.72 Å². The Morgan fingerprint density at radius 1 is 1.17 bits per heavy atom. The highest BCUT2D eigenvalue weighted by Gasteiger charge is 2.32. The van der Waals surface area contributed by atoms with Gasteiger partial charge in [0.15, 0.2) is 0 Å². The van der Waals surface area contributed by atoms with Gasteiger partial charge in [0.2, 0.25) is 10.0 Å². The molecule has 104 valence electrons. The van der Waals surface area contributed by atoms with Crippen molar-refractivity contribution >= 4 is 22.0 Å². The van der Waals surface area contributed by atoms with E-state index < -0.39 is 39.7 Å². The number of aliphatic carboxylic acids is 2. The van der Waals surface area contributed by atoms with E-state index in [4.69, 9.17) is 10.2 Å². The van der Waals surface area contributed by atoms with Crippen LogP contribution in [0.5, 0.6) is 0 Å². The molecule has 3 N–H and O–H groups in total. The molecule has 0 aliphatic heterocycles. The summed E-state index contributed by atoms with van der Waals surface area (Å²) in [6, 6.07) is -1.60. The molecule has 1 rings (SSSR count). The van der Waals surface area contributed by atoms with E-state index in [0.717, 1.165) is 19.3 Å². The summed E-state index contributed by atoms with van der Waals surface area (Å²) in [5.41, 5.74) is 0. The summed E-state index contributed by atoms with van der Waals surface area (Å²) < 4.78 is 25.8. The summed E-state index contributed by atoms with van der Waals surface area (Å²) in [6.45, 7) is 0. The van der Waals surface area contributed by atoms with Gasteiger partial charge in [0, 0.05) is 0 Å². The zero-order valence-electron chi connectivity index (χ0n) is 9.83. The fraction of sp³-hybridized carbons (Fsp3) is 0.800. The van der Waals surface area contributed by atoms with Crippen molar-refractivity contribution in [2.45, 2.75) is 49.8 Å². The lowest BCUT2D eigenvalue weighted by molar-refractivity contribution is -0.145. The van der Waals surface area contributed by atoms with Gasteiger partial charge >= 0.3 is 11.9 Å². The number of nitrogens with one attached hydrogen (secondary N) is 1. The second-order valence-corrected chi connectivity index (χ2v) is 6.40. The van der Waals surface area contributed by atoms with Gasteiger partial charge in [-0.3, -0.25) is 9.59 Å². The maximum Gasteiger partial charge on any atom is 0.322 e. The summed E-state index contributed by atoms with van der Waals surface area (Å²) in [6.07, 6.45) is 2.79. The SMILES string of the molecule is O=C(O)CC(NS(=O)(=O)C1CCCCC1)C(=O)O. The van der Waals surface area contributed by atoms with Crippen molar-refractivity contribution in [1.29, 1.82) is 0 Å². The molecule has 0 aromatic carbocycles. The fourth-order valence-corrected chi connectivity index (χ4v) is 3.75. The molecule has 0 saturated heterocycles. The average molecular weight is 279 g/mol. The molecule has 0 aromatic rings. The molecule has 7 nitrogen and oxygen atoms in total. The molecule has 1 fully saturated rings. The zero-order chi connectivity index (χ0) is 13.8. The third-order valence-corrected chi connectivity index (χ3v) is 4.94. The molecule has 1 atom stereocenters. The highest BCUT2D eigenvalue weighted by atomic mass is 32.2. The Morgan fingerprint density at radius 3 is 2.17 bits per heavy atom. The van der Waals surface area contributed by atoms with Gasteiger partial charge in [-0.2, -0.15) is 0 Å². The van der Waals surface area contributed by atoms with Gasteiger partial charge in [0.25, 0.3) is 0 Å². The molecule has 8 heteroatoms. The van der Waals surface area contributed by atoms with E-state index in [1.807, 2.05) is 4.72 Å². The van der Waals surface area contributed by atoms with Crippen LogP contribution in [0.3, 0.4) is 0 Å². The van der Waals surface area contributed by atoms with Crippen molar-refractivity contribution in [3.8, 4) is 0 Å². The minimum Gasteiger partial charge on any atom is -0.481 e. The lowest BCUT2D eigenvalue weighted by atomic mass is 10.0. The van der Waals surface area contributed by atoms with Crippen LogP contribution in [0.25, 0.3) is 0 Å². The summed E-state index contributed by atoms with van der Waals surface area (Å²) in [5.74, 6) is -2.83. The first-order chi connectivity index (χ1) is 8.33. The van der Waals surface area contributed by atoms with Gasteiger partial charge < -0.3 is 10.2 Å². The Bertz CT molecular complexity index is 412. The van der Waals surface area contributed by atoms with Gasteiger partial charge in [-0.05, 0) is 12.8 Å². The van der Waals surface area contributed by atoms with Gasteiger partial charge in [0.1, 0.15) is 6.04 Å². The standard InChI is InChI=1S/C10H17NO6S/c12-9(13)6-8(10(14)15)11-18(16,17)7-4-2-1-3-5-7/h7-8,11H,1-6H2,(H,12,13)(H,14,15). The van der Waals surface area contributed by atoms with E-state index in [2.05, 4.69) is 0 Å². The van der Waals surface area contributed by atoms with Gasteiger partial charge in [0.05, 0.1) is 11.7 Å². The second-order valence-electron chi connectivity index (χ2n) is 4.41. The third kappa shape index (κ3) is 4.26. The molecule has 0 spiro atoms. The monoisotopic (exact) mass is 279 g/mol. The van der Waals surface area contributed by atoms with Crippen molar-refractivity contribution < 1.29 is 28.2 Å². The van der Waals surface area contributed by atoms with Crippen molar-refractivity contribution in [3.63, 3.8) is 0 Å². The van der Waals surface area contributed by atoms with E-state index in [0.29, 0.717) is 12.8 Å². The number of rotatable bonds is 6. The normalized spacial score (nSPS) is 19.3. The number of carboxylic acids is 2. The van der Waals surface area contributed by atoms with Gasteiger partial charge in [-0.15, -0.1) is 0 Å². The van der Waals surface area contributed by atoms with Crippen molar-refractivity contribution in [2.75, 3.05) is 0 Å². The molecule has 1 aliphatic carbocycles. The summed E-state index contributed by atoms with van der Waals surface area (Å²) in [4.78, 5) is 21.3. The Hall–Kier alpha value is -1.15. The predicted molar refractivity (Wildman–Crippen MR) is 62.6 cm³/mol. The van der Waals surface area contributed by atoms with E-state index >= 15 is 0 Å². The highest BCUT2D eigenvalue weighted by molar-refractivity contribution is 7.90. The minimum atomic E-state index is -3.77. The molecule has 0 aromatic heterocycles. The summed E-state index contributed by atoms with van der Waals surface area (Å²) in [7, 11) is -3.77. The molecule has 0 radical (unpaired) electrons. The molecule has 1 unspecified atom stereocenters. The maximum atomic E-state index is 11.9. The number of carboxylic acid groups (broad SMARTS) is 2. The maximum absolute atomic E-state index is 11.9. The third-order valence-electron chi connectivity index (χ3n) is 2.97. The van der Waals surface area contributed by atoms with E-state index in [9.17, 15) is 18.0 Å². The van der Waals surface area contributed by atoms with Crippen LogP contribution in [0, 0.1) is 0 Å². The average Bonchev–Trinajstić information content (AvgIpc) is 2.28. The van der Waals surface area contributed by atoms with Crippen LogP contribution >= 0.6 is 0 Å². The van der Waals surface area contributed by atoms with E-state index in [1.54, 1.807) is 0 Å². The lowest BCUT2D eigenvalue weighted by Crippen LogP contribution is -2.46. The second kappa shape index (κ2) is 6.14.